The van der Waals surface area contributed by atoms with Crippen molar-refractivity contribution in [2.24, 2.45) is 11.8 Å². The summed E-state index contributed by atoms with van der Waals surface area (Å²) >= 11 is 0. The second-order valence-electron chi connectivity index (χ2n) is 6.93. The lowest BCUT2D eigenvalue weighted by atomic mass is 9.83. The molecule has 0 saturated heterocycles. The van der Waals surface area contributed by atoms with Crippen molar-refractivity contribution in [3.8, 4) is 5.75 Å². The summed E-state index contributed by atoms with van der Waals surface area (Å²) < 4.78 is 7.22. The highest BCUT2D eigenvalue weighted by Crippen LogP contribution is 2.31. The molecule has 0 radical (unpaired) electrons. The van der Waals surface area contributed by atoms with E-state index in [9.17, 15) is 4.79 Å². The molecule has 1 N–H and O–H groups in total. The number of hydrogen-bond acceptors (Lipinski definition) is 3. The molecule has 1 saturated carbocycles. The Morgan fingerprint density at radius 1 is 1.29 bits per heavy atom. The number of methoxy groups -OCH3 is 1. The Balaban J connectivity index is 1.38. The molecule has 1 aromatic carbocycles. The molecule has 1 heterocycles. The van der Waals surface area contributed by atoms with E-state index in [4.69, 9.17) is 4.74 Å². The second kappa shape index (κ2) is 6.30. The number of rotatable bonds is 5. The van der Waals surface area contributed by atoms with Crippen LogP contribution in [-0.2, 0) is 24.2 Å². The van der Waals surface area contributed by atoms with Crippen LogP contribution in [-0.4, -0.2) is 22.8 Å². The maximum atomic E-state index is 12.6. The highest BCUT2D eigenvalue weighted by Gasteiger charge is 2.26. The van der Waals surface area contributed by atoms with E-state index in [1.807, 2.05) is 23.0 Å². The van der Waals surface area contributed by atoms with E-state index >= 15 is 0 Å². The highest BCUT2D eigenvalue weighted by molar-refractivity contribution is 5.92. The van der Waals surface area contributed by atoms with E-state index < -0.39 is 0 Å². The third-order valence-electron chi connectivity index (χ3n) is 5.05. The van der Waals surface area contributed by atoms with Crippen LogP contribution >= 0.6 is 0 Å². The number of carbonyl (C=O) groups excluding carboxylic acids is 1. The number of anilines is 1. The number of nitrogens with zero attached hydrogens (tertiary/aromatic N) is 2. The second-order valence-corrected chi connectivity index (χ2v) is 6.93. The Morgan fingerprint density at radius 3 is 2.96 bits per heavy atom. The van der Waals surface area contributed by atoms with Crippen LogP contribution < -0.4 is 10.1 Å². The monoisotopic (exact) mass is 325 g/mol. The van der Waals surface area contributed by atoms with E-state index in [0.29, 0.717) is 5.82 Å². The van der Waals surface area contributed by atoms with Crippen LogP contribution in [0.4, 0.5) is 5.82 Å². The molecule has 2 aromatic rings. The van der Waals surface area contributed by atoms with Crippen molar-refractivity contribution >= 4 is 11.7 Å². The fourth-order valence-corrected chi connectivity index (χ4v) is 3.41. The number of amides is 1. The average molecular weight is 325 g/mol. The van der Waals surface area contributed by atoms with Gasteiger partial charge in [-0.1, -0.05) is 6.07 Å². The quantitative estimate of drug-likeness (QED) is 0.919. The smallest absolute Gasteiger partial charge is 0.229 e. The molecule has 0 spiro atoms. The Labute approximate surface area is 142 Å². The Kier molecular flexibility index (Phi) is 4.00. The lowest BCUT2D eigenvalue weighted by Gasteiger charge is -2.24. The zero-order valence-electron chi connectivity index (χ0n) is 14.0. The zero-order chi connectivity index (χ0) is 16.5. The average Bonchev–Trinajstić information content (AvgIpc) is 3.31. The molecule has 1 unspecified atom stereocenters. The van der Waals surface area contributed by atoms with Gasteiger partial charge in [-0.2, -0.15) is 5.10 Å². The van der Waals surface area contributed by atoms with E-state index in [0.717, 1.165) is 37.5 Å². The lowest BCUT2D eigenvalue weighted by Crippen LogP contribution is -2.28. The first-order chi connectivity index (χ1) is 11.7. The molecule has 0 bridgehead atoms. The van der Waals surface area contributed by atoms with Crippen molar-refractivity contribution in [3.63, 3.8) is 0 Å². The standard InChI is InChI=1S/C19H23N3O2/c1-24-17-7-6-14-10-16(5-4-15(14)11-17)19(23)20-18-8-9-22(21-18)12-13-2-3-13/h6-9,11,13,16H,2-5,10,12H2,1H3,(H,20,21,23). The van der Waals surface area contributed by atoms with Crippen LogP contribution in [0.2, 0.25) is 0 Å². The zero-order valence-corrected chi connectivity index (χ0v) is 14.0. The minimum Gasteiger partial charge on any atom is -0.497 e. The molecule has 24 heavy (non-hydrogen) atoms. The van der Waals surface area contributed by atoms with Crippen LogP contribution in [0.5, 0.6) is 5.75 Å². The predicted octanol–water partition coefficient (Wildman–Crippen LogP) is 3.05. The molecule has 1 fully saturated rings. The fraction of sp³-hybridized carbons (Fsp3) is 0.474. The van der Waals surface area contributed by atoms with Gasteiger partial charge in [0.1, 0.15) is 5.75 Å². The van der Waals surface area contributed by atoms with Crippen LogP contribution in [0.3, 0.4) is 0 Å². The van der Waals surface area contributed by atoms with Gasteiger partial charge in [0.15, 0.2) is 5.82 Å². The van der Waals surface area contributed by atoms with E-state index in [1.54, 1.807) is 7.11 Å². The number of aryl methyl sites for hydroxylation is 1. The van der Waals surface area contributed by atoms with Gasteiger partial charge in [0.25, 0.3) is 0 Å². The molecule has 2 aliphatic rings. The van der Waals surface area contributed by atoms with Gasteiger partial charge in [-0.15, -0.1) is 0 Å². The molecule has 1 atom stereocenters. The normalized spacial score (nSPS) is 19.6. The van der Waals surface area contributed by atoms with Crippen molar-refractivity contribution < 1.29 is 9.53 Å². The van der Waals surface area contributed by atoms with Crippen molar-refractivity contribution in [2.45, 2.75) is 38.6 Å². The van der Waals surface area contributed by atoms with Gasteiger partial charge >= 0.3 is 0 Å². The van der Waals surface area contributed by atoms with Gasteiger partial charge in [-0.05, 0) is 61.3 Å². The first-order valence-corrected chi connectivity index (χ1v) is 8.71. The van der Waals surface area contributed by atoms with Gasteiger partial charge in [-0.3, -0.25) is 9.48 Å². The molecule has 2 aliphatic carbocycles. The van der Waals surface area contributed by atoms with Crippen molar-refractivity contribution in [3.05, 3.63) is 41.6 Å². The maximum Gasteiger partial charge on any atom is 0.229 e. The van der Waals surface area contributed by atoms with Crippen molar-refractivity contribution in [1.82, 2.24) is 9.78 Å². The number of ether oxygens (including phenoxy) is 1. The maximum absolute atomic E-state index is 12.6. The summed E-state index contributed by atoms with van der Waals surface area (Å²) in [6, 6.07) is 8.03. The Bertz CT molecular complexity index is 749. The molecule has 4 rings (SSSR count). The molecule has 0 aliphatic heterocycles. The van der Waals surface area contributed by atoms with Gasteiger partial charge < -0.3 is 10.1 Å². The molecule has 5 nitrogen and oxygen atoms in total. The minimum atomic E-state index is 0.0134. The number of hydrogen-bond donors (Lipinski definition) is 1. The topological polar surface area (TPSA) is 56.1 Å². The molecule has 1 aromatic heterocycles. The van der Waals surface area contributed by atoms with Crippen LogP contribution in [0.15, 0.2) is 30.5 Å². The number of benzene rings is 1. The minimum absolute atomic E-state index is 0.0134. The SMILES string of the molecule is COc1ccc2c(c1)CCC(C(=O)Nc1ccn(CC3CC3)n1)C2. The van der Waals surface area contributed by atoms with Gasteiger partial charge in [-0.25, -0.2) is 0 Å². The van der Waals surface area contributed by atoms with Crippen molar-refractivity contribution in [1.29, 1.82) is 0 Å². The third-order valence-corrected chi connectivity index (χ3v) is 5.05. The summed E-state index contributed by atoms with van der Waals surface area (Å²) in [6.07, 6.45) is 7.13. The molecule has 5 heteroatoms. The fourth-order valence-electron chi connectivity index (χ4n) is 3.41. The molecule has 1 amide bonds. The summed E-state index contributed by atoms with van der Waals surface area (Å²) in [5.41, 5.74) is 2.55. The third kappa shape index (κ3) is 3.30. The first-order valence-electron chi connectivity index (χ1n) is 8.71. The van der Waals surface area contributed by atoms with E-state index in [-0.39, 0.29) is 11.8 Å². The number of aromatic nitrogens is 2. The van der Waals surface area contributed by atoms with E-state index in [1.165, 1.54) is 24.0 Å². The summed E-state index contributed by atoms with van der Waals surface area (Å²) in [4.78, 5) is 12.6. The van der Waals surface area contributed by atoms with E-state index in [2.05, 4.69) is 22.5 Å². The molecule has 126 valence electrons. The first kappa shape index (κ1) is 15.2. The van der Waals surface area contributed by atoms with Gasteiger partial charge in [0.05, 0.1) is 7.11 Å². The number of carbonyl (C=O) groups is 1. The Morgan fingerprint density at radius 2 is 2.17 bits per heavy atom. The van der Waals surface area contributed by atoms with Crippen molar-refractivity contribution in [2.75, 3.05) is 12.4 Å². The summed E-state index contributed by atoms with van der Waals surface area (Å²) in [7, 11) is 1.68. The number of nitrogens with one attached hydrogen (secondary N) is 1. The van der Waals surface area contributed by atoms with Gasteiger partial charge in [0.2, 0.25) is 5.91 Å². The largest absolute Gasteiger partial charge is 0.497 e. The summed E-state index contributed by atoms with van der Waals surface area (Å²) in [5.74, 6) is 2.42. The predicted molar refractivity (Wildman–Crippen MR) is 92.1 cm³/mol. The Hall–Kier alpha value is -2.30. The lowest BCUT2D eigenvalue weighted by molar-refractivity contribution is -0.120. The van der Waals surface area contributed by atoms with Crippen LogP contribution in [0, 0.1) is 11.8 Å². The number of fused-ring (bicyclic) bond motifs is 1. The summed E-state index contributed by atoms with van der Waals surface area (Å²) in [6.45, 7) is 0.967. The summed E-state index contributed by atoms with van der Waals surface area (Å²) in [5, 5.41) is 7.44. The highest BCUT2D eigenvalue weighted by atomic mass is 16.5. The molecular weight excluding hydrogens is 302 g/mol. The van der Waals surface area contributed by atoms with Crippen LogP contribution in [0.1, 0.15) is 30.4 Å². The molecular formula is C19H23N3O2. The van der Waals surface area contributed by atoms with Gasteiger partial charge in [0, 0.05) is 24.7 Å². The van der Waals surface area contributed by atoms with Crippen LogP contribution in [0.25, 0.3) is 0 Å².